The number of hydrogen-bond acceptors (Lipinski definition) is 6. The van der Waals surface area contributed by atoms with Crippen LogP contribution in [0.25, 0.3) is 0 Å². The minimum atomic E-state index is -2.81. The highest BCUT2D eigenvalue weighted by molar-refractivity contribution is 6.77. The second kappa shape index (κ2) is 22.3. The number of nitrogens with one attached hydrogen (secondary N) is 1. The van der Waals surface area contributed by atoms with Crippen LogP contribution < -0.4 is 5.32 Å². The molecule has 0 amide bonds. The van der Waals surface area contributed by atoms with E-state index >= 15 is 0 Å². The molecule has 0 saturated heterocycles. The van der Waals surface area contributed by atoms with Gasteiger partial charge in [0.1, 0.15) is 0 Å². The molecule has 0 fully saturated rings. The van der Waals surface area contributed by atoms with Gasteiger partial charge >= 0.3 is 14.8 Å². The van der Waals surface area contributed by atoms with Crippen molar-refractivity contribution < 1.29 is 27.6 Å². The van der Waals surface area contributed by atoms with Crippen LogP contribution in [0, 0.1) is 0 Å². The Morgan fingerprint density at radius 3 is 1.44 bits per heavy atom. The zero-order valence-corrected chi connectivity index (χ0v) is 29.1. The lowest BCUT2D eigenvalue weighted by molar-refractivity contribution is -0.145. The van der Waals surface area contributed by atoms with E-state index in [1.54, 1.807) is 0 Å². The van der Waals surface area contributed by atoms with Crippen molar-refractivity contribution in [1.82, 2.24) is 5.32 Å². The van der Waals surface area contributed by atoms with Gasteiger partial charge in [-0.25, -0.2) is 4.79 Å². The number of carbonyl (C=O) groups is 1. The Hall–Kier alpha value is -0.296. The van der Waals surface area contributed by atoms with Crippen LogP contribution in [0.5, 0.6) is 0 Å². The van der Waals surface area contributed by atoms with E-state index in [9.17, 15) is 9.90 Å². The summed E-state index contributed by atoms with van der Waals surface area (Å²) in [4.78, 5) is 12.2. The van der Waals surface area contributed by atoms with Gasteiger partial charge < -0.3 is 28.1 Å². The van der Waals surface area contributed by atoms with Crippen molar-refractivity contribution in [3.05, 3.63) is 0 Å². The van der Waals surface area contributed by atoms with Crippen molar-refractivity contribution >= 4 is 23.1 Å². The Morgan fingerprint density at radius 1 is 0.692 bits per heavy atom. The second-order valence-corrected chi connectivity index (χ2v) is 20.1. The summed E-state index contributed by atoms with van der Waals surface area (Å²) in [6.45, 7) is 22.7. The first-order valence-electron chi connectivity index (χ1n) is 16.1. The lowest BCUT2D eigenvalue weighted by Gasteiger charge is -2.43. The number of aliphatic carboxylic acids is 1. The largest absolute Gasteiger partial charge is 0.501 e. The highest BCUT2D eigenvalue weighted by Crippen LogP contribution is 2.43. The monoisotopic (exact) mass is 591 g/mol. The van der Waals surface area contributed by atoms with E-state index in [1.807, 2.05) is 0 Å². The molecular formula is C30H65NO6Si2. The quantitative estimate of drug-likeness (QED) is 0.0736. The summed E-state index contributed by atoms with van der Waals surface area (Å²) in [6, 6.07) is 0.742. The van der Waals surface area contributed by atoms with E-state index in [0.29, 0.717) is 49.5 Å². The molecule has 0 aliphatic heterocycles. The average molecular weight is 592 g/mol. The molecule has 7 nitrogen and oxygen atoms in total. The van der Waals surface area contributed by atoms with E-state index in [4.69, 9.17) is 17.7 Å². The summed E-state index contributed by atoms with van der Waals surface area (Å²) in [5, 5.41) is 13.4. The van der Waals surface area contributed by atoms with Crippen LogP contribution in [-0.2, 0) is 22.5 Å². The summed E-state index contributed by atoms with van der Waals surface area (Å²) in [6.07, 6.45) is 9.91. The zero-order valence-electron chi connectivity index (χ0n) is 27.1. The zero-order chi connectivity index (χ0) is 29.7. The molecule has 39 heavy (non-hydrogen) atoms. The number of unbranched alkanes of at least 4 members (excludes halogenated alkanes) is 6. The van der Waals surface area contributed by atoms with E-state index in [1.165, 1.54) is 0 Å². The summed E-state index contributed by atoms with van der Waals surface area (Å²) in [5.74, 6) is -0.886. The second-order valence-electron chi connectivity index (χ2n) is 11.9. The van der Waals surface area contributed by atoms with Crippen LogP contribution in [0.3, 0.4) is 0 Å². The van der Waals surface area contributed by atoms with E-state index < -0.39 is 29.2 Å². The standard InChI is InChI=1S/C30H65NO6Si2/c1-10-13-16-21-34-38(35-22-17-14-11-2,36-23-18-15-12-3)24-19-20-31-25-29(30(32)33)37-39(26(4)5,27(6)7)28(8)9/h26-29,31H,10-25H2,1-9H3,(H,32,33). The minimum Gasteiger partial charge on any atom is -0.479 e. The molecule has 0 heterocycles. The first-order chi connectivity index (χ1) is 18.5. The van der Waals surface area contributed by atoms with E-state index in [0.717, 1.165) is 70.3 Å². The fraction of sp³-hybridized carbons (Fsp3) is 0.967. The maximum atomic E-state index is 12.2. The highest BCUT2D eigenvalue weighted by Gasteiger charge is 2.47. The van der Waals surface area contributed by atoms with Crippen LogP contribution >= 0.6 is 0 Å². The van der Waals surface area contributed by atoms with E-state index in [2.05, 4.69) is 67.6 Å². The lowest BCUT2D eigenvalue weighted by atomic mass is 10.3. The normalized spacial score (nSPS) is 13.6. The van der Waals surface area contributed by atoms with Crippen LogP contribution in [0.1, 0.15) is 127 Å². The Morgan fingerprint density at radius 2 is 1.10 bits per heavy atom. The van der Waals surface area contributed by atoms with Gasteiger partial charge in [0.05, 0.1) is 0 Å². The lowest BCUT2D eigenvalue weighted by Crippen LogP contribution is -2.53. The molecule has 0 radical (unpaired) electrons. The third-order valence-corrected chi connectivity index (χ3v) is 16.7. The molecule has 0 saturated carbocycles. The number of hydrogen-bond donors (Lipinski definition) is 2. The van der Waals surface area contributed by atoms with Crippen molar-refractivity contribution in [2.24, 2.45) is 0 Å². The molecule has 9 heteroatoms. The van der Waals surface area contributed by atoms with Crippen LogP contribution in [0.2, 0.25) is 22.7 Å². The van der Waals surface area contributed by atoms with Gasteiger partial charge in [-0.1, -0.05) is 101 Å². The van der Waals surface area contributed by atoms with Crippen molar-refractivity contribution in [3.63, 3.8) is 0 Å². The van der Waals surface area contributed by atoms with Gasteiger partial charge in [0.15, 0.2) is 6.10 Å². The highest BCUT2D eigenvalue weighted by atomic mass is 28.4. The summed E-state index contributed by atoms with van der Waals surface area (Å²) in [5.41, 5.74) is 1.02. The SMILES string of the molecule is CCCCCO[Si](CCCNCC(O[Si](C(C)C)(C(C)C)C(C)C)C(=O)O)(OCCCCC)OCCCCC. The van der Waals surface area contributed by atoms with Crippen molar-refractivity contribution in [2.45, 2.75) is 155 Å². The smallest absolute Gasteiger partial charge is 0.479 e. The molecule has 0 aromatic heterocycles. The first kappa shape index (κ1) is 38.7. The molecule has 2 N–H and O–H groups in total. The van der Waals surface area contributed by atoms with Gasteiger partial charge in [0.2, 0.25) is 8.32 Å². The third-order valence-electron chi connectivity index (χ3n) is 7.70. The van der Waals surface area contributed by atoms with E-state index in [-0.39, 0.29) is 0 Å². The van der Waals surface area contributed by atoms with Crippen LogP contribution in [-0.4, -0.2) is 67.2 Å². The maximum absolute atomic E-state index is 12.2. The molecule has 1 unspecified atom stereocenters. The van der Waals surface area contributed by atoms with Gasteiger partial charge in [-0.15, -0.1) is 0 Å². The van der Waals surface area contributed by atoms with Gasteiger partial charge in [-0.3, -0.25) is 0 Å². The van der Waals surface area contributed by atoms with Crippen molar-refractivity contribution in [3.8, 4) is 0 Å². The molecule has 0 spiro atoms. The molecule has 234 valence electrons. The van der Waals surface area contributed by atoms with Gasteiger partial charge in [0.25, 0.3) is 0 Å². The maximum Gasteiger partial charge on any atom is 0.501 e. The third kappa shape index (κ3) is 14.9. The predicted molar refractivity (Wildman–Crippen MR) is 168 cm³/mol. The molecule has 0 aromatic rings. The fourth-order valence-corrected chi connectivity index (χ4v) is 13.7. The number of rotatable bonds is 27. The Kier molecular flexibility index (Phi) is 22.2. The number of carboxylic acids is 1. The van der Waals surface area contributed by atoms with Gasteiger partial charge in [-0.05, 0) is 48.9 Å². The summed E-state index contributed by atoms with van der Waals surface area (Å²) < 4.78 is 25.9. The Balaban J connectivity index is 5.28. The molecule has 0 aliphatic carbocycles. The van der Waals surface area contributed by atoms with Crippen molar-refractivity contribution in [2.75, 3.05) is 32.9 Å². The average Bonchev–Trinajstić information content (AvgIpc) is 2.87. The Labute approximate surface area is 244 Å². The molecule has 1 atom stereocenters. The van der Waals surface area contributed by atoms with Crippen LogP contribution in [0.15, 0.2) is 0 Å². The predicted octanol–water partition coefficient (Wildman–Crippen LogP) is 8.17. The summed E-state index contributed by atoms with van der Waals surface area (Å²) in [7, 11) is -5.10. The molecule has 0 rings (SSSR count). The molecule has 0 bridgehead atoms. The van der Waals surface area contributed by atoms with Crippen LogP contribution in [0.4, 0.5) is 0 Å². The molecule has 0 aliphatic rings. The minimum absolute atomic E-state index is 0.302. The molecule has 0 aromatic carbocycles. The fourth-order valence-electron chi connectivity index (χ4n) is 5.58. The van der Waals surface area contributed by atoms with Gasteiger partial charge in [0, 0.05) is 32.4 Å². The topological polar surface area (TPSA) is 86.3 Å². The first-order valence-corrected chi connectivity index (χ1v) is 20.1. The summed E-state index contributed by atoms with van der Waals surface area (Å²) >= 11 is 0. The molecular weight excluding hydrogens is 527 g/mol. The van der Waals surface area contributed by atoms with Crippen molar-refractivity contribution in [1.29, 1.82) is 0 Å². The number of carboxylic acid groups (broad SMARTS) is 1. The van der Waals surface area contributed by atoms with Gasteiger partial charge in [-0.2, -0.15) is 0 Å². The Bertz CT molecular complexity index is 553.